The SMILES string of the molecule is COCCN(CN1C(=O)NC2(CCCCC2)C1=O)[C@@H]1CCS(=O)(=O)C1. The van der Waals surface area contributed by atoms with E-state index < -0.39 is 15.4 Å². The molecule has 8 nitrogen and oxygen atoms in total. The molecule has 25 heavy (non-hydrogen) atoms. The largest absolute Gasteiger partial charge is 0.383 e. The van der Waals surface area contributed by atoms with Gasteiger partial charge in [-0.25, -0.2) is 18.1 Å². The smallest absolute Gasteiger partial charge is 0.326 e. The number of hydrogen-bond donors (Lipinski definition) is 1. The Morgan fingerprint density at radius 3 is 2.60 bits per heavy atom. The minimum absolute atomic E-state index is 0.0749. The van der Waals surface area contributed by atoms with Gasteiger partial charge >= 0.3 is 6.03 Å². The summed E-state index contributed by atoms with van der Waals surface area (Å²) in [6, 6.07) is -0.543. The average molecular weight is 373 g/mol. The number of urea groups is 1. The zero-order valence-electron chi connectivity index (χ0n) is 14.7. The first kappa shape index (κ1) is 18.6. The van der Waals surface area contributed by atoms with Crippen molar-refractivity contribution in [1.82, 2.24) is 15.1 Å². The maximum Gasteiger partial charge on any atom is 0.326 e. The van der Waals surface area contributed by atoms with Crippen LogP contribution in [0.4, 0.5) is 4.79 Å². The van der Waals surface area contributed by atoms with E-state index in [9.17, 15) is 18.0 Å². The summed E-state index contributed by atoms with van der Waals surface area (Å²) in [7, 11) is -1.46. The molecular formula is C16H27N3O5S. The molecule has 2 aliphatic heterocycles. The molecule has 0 aromatic carbocycles. The number of nitrogens with zero attached hydrogens (tertiary/aromatic N) is 2. The maximum absolute atomic E-state index is 12.9. The highest BCUT2D eigenvalue weighted by molar-refractivity contribution is 7.91. The highest BCUT2D eigenvalue weighted by atomic mass is 32.2. The van der Waals surface area contributed by atoms with Crippen molar-refractivity contribution in [3.8, 4) is 0 Å². The molecule has 1 spiro atoms. The van der Waals surface area contributed by atoms with E-state index in [0.717, 1.165) is 19.3 Å². The fraction of sp³-hybridized carbons (Fsp3) is 0.875. The lowest BCUT2D eigenvalue weighted by Crippen LogP contribution is -2.50. The molecule has 0 bridgehead atoms. The van der Waals surface area contributed by atoms with Crippen molar-refractivity contribution in [3.05, 3.63) is 0 Å². The van der Waals surface area contributed by atoms with Crippen molar-refractivity contribution >= 4 is 21.8 Å². The molecule has 3 aliphatic rings. The van der Waals surface area contributed by atoms with Gasteiger partial charge in [0, 0.05) is 19.7 Å². The standard InChI is InChI=1S/C16H27N3O5S/c1-24-9-8-18(13-5-10-25(22,23)11-13)12-19-14(20)16(17-15(19)21)6-3-2-4-7-16/h13H,2-12H2,1H3,(H,17,21)/t13-/m1/s1. The zero-order chi connectivity index (χ0) is 18.1. The number of amides is 3. The lowest BCUT2D eigenvalue weighted by molar-refractivity contribution is -0.134. The number of imide groups is 1. The molecule has 1 atom stereocenters. The van der Waals surface area contributed by atoms with Crippen LogP contribution in [0.25, 0.3) is 0 Å². The third kappa shape index (κ3) is 3.83. The molecule has 2 heterocycles. The van der Waals surface area contributed by atoms with Crippen LogP contribution in [0.2, 0.25) is 0 Å². The van der Waals surface area contributed by atoms with Crippen LogP contribution in [0.3, 0.4) is 0 Å². The molecular weight excluding hydrogens is 346 g/mol. The number of hydrogen-bond acceptors (Lipinski definition) is 6. The summed E-state index contributed by atoms with van der Waals surface area (Å²) >= 11 is 0. The van der Waals surface area contributed by atoms with E-state index in [1.807, 2.05) is 4.90 Å². The summed E-state index contributed by atoms with van der Waals surface area (Å²) in [5.41, 5.74) is -0.746. The fourth-order valence-electron chi connectivity index (χ4n) is 4.12. The highest BCUT2D eigenvalue weighted by Gasteiger charge is 2.51. The van der Waals surface area contributed by atoms with Crippen LogP contribution in [-0.2, 0) is 19.4 Å². The number of carbonyl (C=O) groups is 2. The summed E-state index contributed by atoms with van der Waals surface area (Å²) in [5.74, 6) is 0.0666. The lowest BCUT2D eigenvalue weighted by atomic mass is 9.82. The molecule has 3 fully saturated rings. The molecule has 1 saturated carbocycles. The van der Waals surface area contributed by atoms with Crippen molar-refractivity contribution in [2.45, 2.75) is 50.1 Å². The van der Waals surface area contributed by atoms with Crippen molar-refractivity contribution in [3.63, 3.8) is 0 Å². The first-order valence-corrected chi connectivity index (χ1v) is 10.8. The Bertz CT molecular complexity index is 630. The van der Waals surface area contributed by atoms with Crippen LogP contribution in [-0.4, -0.2) is 80.2 Å². The predicted molar refractivity (Wildman–Crippen MR) is 91.7 cm³/mol. The van der Waals surface area contributed by atoms with Gasteiger partial charge in [0.1, 0.15) is 5.54 Å². The number of nitrogens with one attached hydrogen (secondary N) is 1. The van der Waals surface area contributed by atoms with Gasteiger partial charge in [0.15, 0.2) is 9.84 Å². The van der Waals surface area contributed by atoms with Crippen molar-refractivity contribution in [2.75, 3.05) is 38.4 Å². The summed E-state index contributed by atoms with van der Waals surface area (Å²) < 4.78 is 28.7. The van der Waals surface area contributed by atoms with Crippen molar-refractivity contribution in [2.24, 2.45) is 0 Å². The normalized spacial score (nSPS) is 28.1. The molecule has 9 heteroatoms. The Kier molecular flexibility index (Phi) is 5.36. The molecule has 142 valence electrons. The molecule has 1 N–H and O–H groups in total. The number of rotatable bonds is 6. The van der Waals surface area contributed by atoms with E-state index >= 15 is 0 Å². The van der Waals surface area contributed by atoms with Gasteiger partial charge in [0.25, 0.3) is 5.91 Å². The molecule has 0 radical (unpaired) electrons. The molecule has 1 aliphatic carbocycles. The second-order valence-electron chi connectivity index (χ2n) is 7.31. The van der Waals surface area contributed by atoms with Crippen LogP contribution in [0.15, 0.2) is 0 Å². The average Bonchev–Trinajstić information content (AvgIpc) is 3.04. The minimum Gasteiger partial charge on any atom is -0.383 e. The van der Waals surface area contributed by atoms with Crippen LogP contribution in [0.5, 0.6) is 0 Å². The first-order chi connectivity index (χ1) is 11.9. The molecule has 3 amide bonds. The summed E-state index contributed by atoms with van der Waals surface area (Å²) in [6.07, 6.45) is 4.86. The highest BCUT2D eigenvalue weighted by Crippen LogP contribution is 2.34. The van der Waals surface area contributed by atoms with Crippen LogP contribution in [0.1, 0.15) is 38.5 Å². The van der Waals surface area contributed by atoms with Gasteiger partial charge in [0.2, 0.25) is 0 Å². The van der Waals surface area contributed by atoms with E-state index in [4.69, 9.17) is 4.74 Å². The summed E-state index contributed by atoms with van der Waals surface area (Å²) in [6.45, 7) is 1.03. The first-order valence-electron chi connectivity index (χ1n) is 8.94. The van der Waals surface area contributed by atoms with E-state index in [2.05, 4.69) is 5.32 Å². The third-order valence-electron chi connectivity index (χ3n) is 5.58. The Balaban J connectivity index is 1.72. The quantitative estimate of drug-likeness (QED) is 0.674. The van der Waals surface area contributed by atoms with Gasteiger partial charge < -0.3 is 10.1 Å². The second kappa shape index (κ2) is 7.20. The molecule has 0 aromatic heterocycles. The van der Waals surface area contributed by atoms with Gasteiger partial charge in [-0.3, -0.25) is 9.69 Å². The van der Waals surface area contributed by atoms with E-state index in [1.54, 1.807) is 7.11 Å². The Hall–Kier alpha value is -1.19. The predicted octanol–water partition coefficient (Wildman–Crippen LogP) is 0.334. The van der Waals surface area contributed by atoms with Crippen molar-refractivity contribution in [1.29, 1.82) is 0 Å². The lowest BCUT2D eigenvalue weighted by Gasteiger charge is -2.33. The topological polar surface area (TPSA) is 96.0 Å². The van der Waals surface area contributed by atoms with Crippen molar-refractivity contribution < 1.29 is 22.7 Å². The molecule has 0 aromatic rings. The summed E-state index contributed by atoms with van der Waals surface area (Å²) in [4.78, 5) is 28.5. The second-order valence-corrected chi connectivity index (χ2v) is 9.54. The Morgan fingerprint density at radius 1 is 1.28 bits per heavy atom. The van der Waals surface area contributed by atoms with E-state index in [0.29, 0.717) is 32.4 Å². The number of methoxy groups -OCH3 is 1. The van der Waals surface area contributed by atoms with Gasteiger partial charge in [-0.1, -0.05) is 19.3 Å². The monoisotopic (exact) mass is 373 g/mol. The van der Waals surface area contributed by atoms with Gasteiger partial charge in [-0.15, -0.1) is 0 Å². The van der Waals surface area contributed by atoms with Gasteiger partial charge in [0.05, 0.1) is 24.8 Å². The molecule has 2 saturated heterocycles. The third-order valence-corrected chi connectivity index (χ3v) is 7.33. The van der Waals surface area contributed by atoms with Crippen LogP contribution < -0.4 is 5.32 Å². The Labute approximate surface area is 148 Å². The molecule has 3 rings (SSSR count). The van der Waals surface area contributed by atoms with Crippen LogP contribution >= 0.6 is 0 Å². The maximum atomic E-state index is 12.9. The zero-order valence-corrected chi connectivity index (χ0v) is 15.5. The minimum atomic E-state index is -3.04. The van der Waals surface area contributed by atoms with Gasteiger partial charge in [-0.05, 0) is 19.3 Å². The molecule has 0 unspecified atom stereocenters. The van der Waals surface area contributed by atoms with E-state index in [1.165, 1.54) is 4.90 Å². The number of ether oxygens (including phenoxy) is 1. The van der Waals surface area contributed by atoms with E-state index in [-0.39, 0.29) is 36.2 Å². The van der Waals surface area contributed by atoms with Gasteiger partial charge in [-0.2, -0.15) is 0 Å². The fourth-order valence-corrected chi connectivity index (χ4v) is 5.88. The number of sulfone groups is 1. The van der Waals surface area contributed by atoms with Crippen LogP contribution in [0, 0.1) is 0 Å². The summed E-state index contributed by atoms with van der Waals surface area (Å²) in [5, 5.41) is 2.90. The number of carbonyl (C=O) groups excluding carboxylic acids is 2. The Morgan fingerprint density at radius 2 is 2.00 bits per heavy atom.